The summed E-state index contributed by atoms with van der Waals surface area (Å²) in [5, 5.41) is 5.86. The third-order valence-corrected chi connectivity index (χ3v) is 11.8. The number of rotatable bonds is 5. The van der Waals surface area contributed by atoms with E-state index in [0.29, 0.717) is 0 Å². The van der Waals surface area contributed by atoms with Crippen molar-refractivity contribution in [1.82, 2.24) is 4.98 Å². The third kappa shape index (κ3) is 4.58. The van der Waals surface area contributed by atoms with Gasteiger partial charge < -0.3 is 14.1 Å². The third-order valence-electron chi connectivity index (χ3n) is 10.6. The molecule has 10 aromatic rings. The van der Waals surface area contributed by atoms with Crippen molar-refractivity contribution in [2.24, 2.45) is 0 Å². The normalized spacial score (nSPS) is 14.0. The van der Waals surface area contributed by atoms with Crippen molar-refractivity contribution in [3.63, 3.8) is 0 Å². The maximum Gasteiger partial charge on any atom is 0.138 e. The van der Waals surface area contributed by atoms with Gasteiger partial charge in [-0.15, -0.1) is 11.3 Å². The van der Waals surface area contributed by atoms with Crippen LogP contribution < -0.4 is 4.74 Å². The van der Waals surface area contributed by atoms with Crippen LogP contribution in [0.25, 0.3) is 87.6 Å². The van der Waals surface area contributed by atoms with Gasteiger partial charge in [0.15, 0.2) is 0 Å². The molecule has 0 radical (unpaired) electrons. The van der Waals surface area contributed by atoms with Crippen LogP contribution >= 0.6 is 11.3 Å². The van der Waals surface area contributed by atoms with Crippen molar-refractivity contribution in [2.75, 3.05) is 0 Å². The number of ether oxygens (including phenoxy) is 1. The Labute approximate surface area is 304 Å². The van der Waals surface area contributed by atoms with E-state index >= 15 is 0 Å². The molecule has 0 saturated carbocycles. The Morgan fingerprint density at radius 2 is 1.33 bits per heavy atom. The van der Waals surface area contributed by atoms with E-state index in [0.717, 1.165) is 51.2 Å². The van der Waals surface area contributed by atoms with Crippen molar-refractivity contribution >= 4 is 54.1 Å². The lowest BCUT2D eigenvalue weighted by atomic mass is 9.84. The summed E-state index contributed by atoms with van der Waals surface area (Å²) in [5.74, 6) is 1.81. The summed E-state index contributed by atoms with van der Waals surface area (Å²) in [6, 6.07) is 58.5. The molecule has 1 aliphatic rings. The lowest BCUT2D eigenvalue weighted by Crippen LogP contribution is -2.02. The van der Waals surface area contributed by atoms with Crippen LogP contribution in [-0.4, -0.2) is 4.98 Å². The average Bonchev–Trinajstić information content (AvgIpc) is 4.00. The van der Waals surface area contributed by atoms with Crippen molar-refractivity contribution < 1.29 is 9.15 Å². The van der Waals surface area contributed by atoms with Crippen molar-refractivity contribution in [1.29, 1.82) is 0 Å². The second kappa shape index (κ2) is 11.6. The molecule has 0 saturated heterocycles. The van der Waals surface area contributed by atoms with E-state index in [1.807, 2.05) is 17.4 Å². The van der Waals surface area contributed by atoms with Gasteiger partial charge in [-0.2, -0.15) is 0 Å². The molecule has 1 unspecified atom stereocenters. The molecular formula is C48H31NO2S. The Morgan fingerprint density at radius 3 is 2.19 bits per heavy atom. The summed E-state index contributed by atoms with van der Waals surface area (Å²) in [6.07, 6.45) is 0.661. The van der Waals surface area contributed by atoms with Gasteiger partial charge in [0.1, 0.15) is 23.2 Å². The number of aromatic amines is 1. The number of nitrogens with one attached hydrogen (secondary N) is 1. The van der Waals surface area contributed by atoms with Crippen molar-refractivity contribution in [3.05, 3.63) is 174 Å². The second-order valence-corrected chi connectivity index (χ2v) is 14.7. The molecule has 1 aliphatic heterocycles. The minimum Gasteiger partial charge on any atom is -0.484 e. The van der Waals surface area contributed by atoms with Crippen molar-refractivity contribution in [3.8, 4) is 50.6 Å². The molecule has 0 bridgehead atoms. The van der Waals surface area contributed by atoms with Crippen LogP contribution in [0.2, 0.25) is 0 Å². The smallest absolute Gasteiger partial charge is 0.138 e. The quantitative estimate of drug-likeness (QED) is 0.196. The van der Waals surface area contributed by atoms with E-state index in [2.05, 4.69) is 163 Å². The van der Waals surface area contributed by atoms with E-state index in [4.69, 9.17) is 9.15 Å². The zero-order valence-electron chi connectivity index (χ0n) is 28.1. The fourth-order valence-electron chi connectivity index (χ4n) is 8.23. The molecule has 4 heterocycles. The first-order valence-corrected chi connectivity index (χ1v) is 18.6. The number of furan rings is 1. The number of aromatic nitrogens is 1. The molecule has 7 aromatic carbocycles. The SMILES string of the molecule is c1ccc(-c2cc3sc(C4Cc5ccccc5O4)c(-c4cc5ccccc5o4)c3c(-c3cc4ccccc4[nH]3)c2-c2cccc3ccccc23)cc1. The largest absolute Gasteiger partial charge is 0.484 e. The predicted molar refractivity (Wildman–Crippen MR) is 216 cm³/mol. The molecule has 0 aliphatic carbocycles. The zero-order valence-corrected chi connectivity index (χ0v) is 28.9. The molecule has 1 atom stereocenters. The first-order chi connectivity index (χ1) is 25.8. The van der Waals surface area contributed by atoms with Crippen molar-refractivity contribution in [2.45, 2.75) is 12.5 Å². The van der Waals surface area contributed by atoms with Gasteiger partial charge in [-0.3, -0.25) is 0 Å². The maximum atomic E-state index is 6.82. The van der Waals surface area contributed by atoms with Crippen LogP contribution in [0.15, 0.2) is 168 Å². The number of fused-ring (bicyclic) bond motifs is 5. The summed E-state index contributed by atoms with van der Waals surface area (Å²) in [7, 11) is 0. The maximum absolute atomic E-state index is 6.82. The Bertz CT molecular complexity index is 2890. The lowest BCUT2D eigenvalue weighted by molar-refractivity contribution is 0.243. The fraction of sp³-hybridized carbons (Fsp3) is 0.0417. The second-order valence-electron chi connectivity index (χ2n) is 13.6. The fourth-order valence-corrected chi connectivity index (χ4v) is 9.52. The molecular weight excluding hydrogens is 655 g/mol. The monoisotopic (exact) mass is 685 g/mol. The summed E-state index contributed by atoms with van der Waals surface area (Å²) >= 11 is 1.83. The van der Waals surface area contributed by atoms with Gasteiger partial charge in [-0.25, -0.2) is 0 Å². The Morgan fingerprint density at radius 1 is 0.577 bits per heavy atom. The standard InChI is InChI=1S/C48H31NO2S/c1-2-13-30(14-3-1)36-28-43-47(45(38-25-31-16-5-9-22-37(31)49-38)44(36)35-21-12-19-29-15-4-8-20-34(29)35)46(41-26-32-17-6-10-23-39(32)50-41)48(52-43)42-27-33-18-7-11-24-40(33)51-42/h1-26,28,42,49H,27H2. The molecule has 11 rings (SSSR count). The summed E-state index contributed by atoms with van der Waals surface area (Å²) in [4.78, 5) is 5.06. The van der Waals surface area contributed by atoms with Gasteiger partial charge in [-0.05, 0) is 69.4 Å². The van der Waals surface area contributed by atoms with E-state index in [1.165, 1.54) is 58.9 Å². The van der Waals surface area contributed by atoms with Crippen LogP contribution in [0.3, 0.4) is 0 Å². The van der Waals surface area contributed by atoms with Gasteiger partial charge in [0, 0.05) is 55.2 Å². The van der Waals surface area contributed by atoms with Crippen LogP contribution in [-0.2, 0) is 6.42 Å². The molecule has 246 valence electrons. The summed E-state index contributed by atoms with van der Waals surface area (Å²) in [5.41, 5.74) is 11.3. The van der Waals surface area contributed by atoms with Crippen LogP contribution in [0.4, 0.5) is 0 Å². The highest BCUT2D eigenvalue weighted by atomic mass is 32.1. The molecule has 3 nitrogen and oxygen atoms in total. The van der Waals surface area contributed by atoms with Crippen LogP contribution in [0.1, 0.15) is 16.5 Å². The summed E-state index contributed by atoms with van der Waals surface area (Å²) in [6.45, 7) is 0. The molecule has 52 heavy (non-hydrogen) atoms. The molecule has 1 N–H and O–H groups in total. The van der Waals surface area contributed by atoms with Gasteiger partial charge in [0.25, 0.3) is 0 Å². The number of benzene rings is 7. The number of hydrogen-bond donors (Lipinski definition) is 1. The van der Waals surface area contributed by atoms with E-state index in [9.17, 15) is 0 Å². The van der Waals surface area contributed by atoms with Gasteiger partial charge >= 0.3 is 0 Å². The number of H-pyrrole nitrogens is 1. The number of thiophene rings is 1. The average molecular weight is 686 g/mol. The molecule has 0 fully saturated rings. The van der Waals surface area contributed by atoms with Gasteiger partial charge in [0.2, 0.25) is 0 Å². The molecule has 3 aromatic heterocycles. The zero-order chi connectivity index (χ0) is 34.2. The highest BCUT2D eigenvalue weighted by Gasteiger charge is 2.33. The minimum absolute atomic E-state index is 0.144. The number of para-hydroxylation sites is 3. The minimum atomic E-state index is -0.144. The van der Waals surface area contributed by atoms with Crippen LogP contribution in [0, 0.1) is 0 Å². The molecule has 4 heteroatoms. The Kier molecular flexibility index (Phi) is 6.55. The Balaban J connectivity index is 1.33. The first kappa shape index (κ1) is 29.4. The highest BCUT2D eigenvalue weighted by molar-refractivity contribution is 7.20. The number of hydrogen-bond acceptors (Lipinski definition) is 3. The highest BCUT2D eigenvalue weighted by Crippen LogP contribution is 2.55. The summed E-state index contributed by atoms with van der Waals surface area (Å²) < 4.78 is 14.8. The lowest BCUT2D eigenvalue weighted by Gasteiger charge is -2.19. The van der Waals surface area contributed by atoms with Crippen LogP contribution in [0.5, 0.6) is 5.75 Å². The topological polar surface area (TPSA) is 38.2 Å². The van der Waals surface area contributed by atoms with E-state index in [1.54, 1.807) is 0 Å². The van der Waals surface area contributed by atoms with Gasteiger partial charge in [-0.1, -0.05) is 127 Å². The van der Waals surface area contributed by atoms with E-state index in [-0.39, 0.29) is 6.10 Å². The van der Waals surface area contributed by atoms with E-state index < -0.39 is 0 Å². The first-order valence-electron chi connectivity index (χ1n) is 17.8. The Hall–Kier alpha value is -6.36. The molecule has 0 spiro atoms. The predicted octanol–water partition coefficient (Wildman–Crippen LogP) is 13.6. The van der Waals surface area contributed by atoms with Gasteiger partial charge in [0.05, 0.1) is 4.88 Å². The molecule has 0 amide bonds.